The predicted molar refractivity (Wildman–Crippen MR) is 68.4 cm³/mol. The Morgan fingerprint density at radius 2 is 2.11 bits per heavy atom. The van der Waals surface area contributed by atoms with E-state index in [2.05, 4.69) is 15.7 Å². The third-order valence-electron chi connectivity index (χ3n) is 3.28. The van der Waals surface area contributed by atoms with Gasteiger partial charge in [-0.1, -0.05) is 0 Å². The van der Waals surface area contributed by atoms with Crippen molar-refractivity contribution in [3.8, 4) is 0 Å². The Bertz CT molecular complexity index is 422. The zero-order valence-corrected chi connectivity index (χ0v) is 10.8. The highest BCUT2D eigenvalue weighted by atomic mass is 16.3. The minimum Gasteiger partial charge on any atom is -0.393 e. The summed E-state index contributed by atoms with van der Waals surface area (Å²) in [6, 6.07) is 1.77. The standard InChI is InChI=1S/C12H20N4O2/c1-8-7-11(16(2)15-8)14-12(18)13-9-3-5-10(17)6-4-9/h7,9-10,17H,3-6H2,1-2H3,(H2,13,14,18). The van der Waals surface area contributed by atoms with Crippen molar-refractivity contribution < 1.29 is 9.90 Å². The molecule has 0 spiro atoms. The lowest BCUT2D eigenvalue weighted by Gasteiger charge is -2.26. The van der Waals surface area contributed by atoms with E-state index in [0.717, 1.165) is 31.4 Å². The first-order valence-corrected chi connectivity index (χ1v) is 6.31. The van der Waals surface area contributed by atoms with E-state index in [4.69, 9.17) is 0 Å². The van der Waals surface area contributed by atoms with Crippen molar-refractivity contribution in [3.63, 3.8) is 0 Å². The lowest BCUT2D eigenvalue weighted by Crippen LogP contribution is -2.41. The molecule has 2 rings (SSSR count). The number of aromatic nitrogens is 2. The summed E-state index contributed by atoms with van der Waals surface area (Å²) in [5, 5.41) is 19.3. The lowest BCUT2D eigenvalue weighted by molar-refractivity contribution is 0.118. The van der Waals surface area contributed by atoms with Crippen molar-refractivity contribution in [3.05, 3.63) is 11.8 Å². The van der Waals surface area contributed by atoms with Gasteiger partial charge in [0, 0.05) is 19.2 Å². The highest BCUT2D eigenvalue weighted by Crippen LogP contribution is 2.18. The number of nitrogens with one attached hydrogen (secondary N) is 2. The third kappa shape index (κ3) is 3.22. The van der Waals surface area contributed by atoms with Crippen molar-refractivity contribution in [2.45, 2.75) is 44.8 Å². The van der Waals surface area contributed by atoms with Gasteiger partial charge < -0.3 is 10.4 Å². The van der Waals surface area contributed by atoms with Gasteiger partial charge in [0.25, 0.3) is 0 Å². The molecule has 0 aliphatic heterocycles. The molecule has 1 aliphatic rings. The van der Waals surface area contributed by atoms with E-state index in [1.807, 2.05) is 13.0 Å². The first-order chi connectivity index (χ1) is 8.54. The Morgan fingerprint density at radius 1 is 1.44 bits per heavy atom. The van der Waals surface area contributed by atoms with Crippen LogP contribution in [0, 0.1) is 6.92 Å². The molecule has 6 heteroatoms. The number of hydrogen-bond acceptors (Lipinski definition) is 3. The molecule has 0 unspecified atom stereocenters. The first kappa shape index (κ1) is 12.9. The molecule has 1 aliphatic carbocycles. The highest BCUT2D eigenvalue weighted by Gasteiger charge is 2.21. The molecule has 1 saturated carbocycles. The fourth-order valence-electron chi connectivity index (χ4n) is 2.29. The molecule has 0 aromatic carbocycles. The largest absolute Gasteiger partial charge is 0.393 e. The maximum Gasteiger partial charge on any atom is 0.320 e. The van der Waals surface area contributed by atoms with Crippen molar-refractivity contribution in [2.75, 3.05) is 5.32 Å². The van der Waals surface area contributed by atoms with Crippen molar-refractivity contribution in [2.24, 2.45) is 7.05 Å². The Balaban J connectivity index is 1.83. The van der Waals surface area contributed by atoms with Gasteiger partial charge >= 0.3 is 6.03 Å². The van der Waals surface area contributed by atoms with Gasteiger partial charge in [-0.25, -0.2) is 4.79 Å². The summed E-state index contributed by atoms with van der Waals surface area (Å²) in [5.74, 6) is 0.681. The number of anilines is 1. The molecule has 1 aromatic heterocycles. The van der Waals surface area contributed by atoms with Gasteiger partial charge in [-0.3, -0.25) is 10.00 Å². The van der Waals surface area contributed by atoms with Crippen molar-refractivity contribution in [1.29, 1.82) is 0 Å². The van der Waals surface area contributed by atoms with Crippen LogP contribution in [0.2, 0.25) is 0 Å². The topological polar surface area (TPSA) is 79.2 Å². The van der Waals surface area contributed by atoms with Crippen LogP contribution >= 0.6 is 0 Å². The molecule has 18 heavy (non-hydrogen) atoms. The average molecular weight is 252 g/mol. The molecular formula is C12H20N4O2. The van der Waals surface area contributed by atoms with E-state index in [0.29, 0.717) is 5.82 Å². The maximum atomic E-state index is 11.8. The summed E-state index contributed by atoms with van der Waals surface area (Å²) in [4.78, 5) is 11.8. The fourth-order valence-corrected chi connectivity index (χ4v) is 2.29. The summed E-state index contributed by atoms with van der Waals surface area (Å²) in [6.07, 6.45) is 2.98. The van der Waals surface area contributed by atoms with Crippen molar-refractivity contribution in [1.82, 2.24) is 15.1 Å². The van der Waals surface area contributed by atoms with Gasteiger partial charge in [0.05, 0.1) is 11.8 Å². The smallest absolute Gasteiger partial charge is 0.320 e. The first-order valence-electron chi connectivity index (χ1n) is 6.31. The van der Waals surface area contributed by atoms with Crippen LogP contribution in [0.25, 0.3) is 0 Å². The molecule has 0 radical (unpaired) electrons. The highest BCUT2D eigenvalue weighted by molar-refractivity contribution is 5.88. The molecule has 0 atom stereocenters. The van der Waals surface area contributed by atoms with E-state index in [1.54, 1.807) is 11.7 Å². The van der Waals surface area contributed by atoms with Crippen LogP contribution in [0.15, 0.2) is 6.07 Å². The van der Waals surface area contributed by atoms with Gasteiger partial charge in [0.2, 0.25) is 0 Å². The van der Waals surface area contributed by atoms with Crippen LogP contribution in [0.5, 0.6) is 0 Å². The normalized spacial score (nSPS) is 23.7. The number of urea groups is 1. The fraction of sp³-hybridized carbons (Fsp3) is 0.667. The molecule has 2 amide bonds. The molecule has 100 valence electrons. The maximum absolute atomic E-state index is 11.8. The van der Waals surface area contributed by atoms with Crippen LogP contribution < -0.4 is 10.6 Å². The lowest BCUT2D eigenvalue weighted by atomic mass is 9.93. The van der Waals surface area contributed by atoms with Crippen LogP contribution in [-0.4, -0.2) is 33.1 Å². The summed E-state index contributed by atoms with van der Waals surface area (Å²) >= 11 is 0. The van der Waals surface area contributed by atoms with E-state index in [-0.39, 0.29) is 18.2 Å². The van der Waals surface area contributed by atoms with Crippen LogP contribution in [0.1, 0.15) is 31.4 Å². The second-order valence-electron chi connectivity index (χ2n) is 4.90. The van der Waals surface area contributed by atoms with Gasteiger partial charge in [-0.05, 0) is 32.6 Å². The second kappa shape index (κ2) is 5.39. The molecule has 1 fully saturated rings. The minimum absolute atomic E-state index is 0.155. The summed E-state index contributed by atoms with van der Waals surface area (Å²) in [5.41, 5.74) is 0.869. The zero-order valence-electron chi connectivity index (χ0n) is 10.8. The number of carbonyl (C=O) groups is 1. The summed E-state index contributed by atoms with van der Waals surface area (Å²) in [6.45, 7) is 1.88. The van der Waals surface area contributed by atoms with Crippen LogP contribution in [0.3, 0.4) is 0 Å². The number of aliphatic hydroxyl groups excluding tert-OH is 1. The molecule has 0 bridgehead atoms. The van der Waals surface area contributed by atoms with E-state index in [1.165, 1.54) is 0 Å². The van der Waals surface area contributed by atoms with E-state index < -0.39 is 0 Å². The number of hydrogen-bond donors (Lipinski definition) is 3. The SMILES string of the molecule is Cc1cc(NC(=O)NC2CCC(O)CC2)n(C)n1. The molecule has 1 aromatic rings. The minimum atomic E-state index is -0.209. The van der Waals surface area contributed by atoms with Crippen LogP contribution in [-0.2, 0) is 7.05 Å². The number of amides is 2. The van der Waals surface area contributed by atoms with Gasteiger partial charge in [0.1, 0.15) is 5.82 Å². The van der Waals surface area contributed by atoms with Crippen molar-refractivity contribution >= 4 is 11.8 Å². The Hall–Kier alpha value is -1.56. The van der Waals surface area contributed by atoms with Gasteiger partial charge in [-0.2, -0.15) is 5.10 Å². The number of rotatable bonds is 2. The third-order valence-corrected chi connectivity index (χ3v) is 3.28. The number of aryl methyl sites for hydroxylation is 2. The molecule has 0 saturated heterocycles. The summed E-state index contributed by atoms with van der Waals surface area (Å²) in [7, 11) is 1.79. The quantitative estimate of drug-likeness (QED) is 0.739. The Morgan fingerprint density at radius 3 is 2.67 bits per heavy atom. The average Bonchev–Trinajstić information content (AvgIpc) is 2.61. The Kier molecular flexibility index (Phi) is 3.86. The number of aliphatic hydroxyl groups is 1. The summed E-state index contributed by atoms with van der Waals surface area (Å²) < 4.78 is 1.64. The number of carbonyl (C=O) groups excluding carboxylic acids is 1. The monoisotopic (exact) mass is 252 g/mol. The van der Waals surface area contributed by atoms with Gasteiger partial charge in [0.15, 0.2) is 0 Å². The zero-order chi connectivity index (χ0) is 13.1. The predicted octanol–water partition coefficient (Wildman–Crippen LogP) is 1.15. The Labute approximate surface area is 106 Å². The molecule has 6 nitrogen and oxygen atoms in total. The molecule has 3 N–H and O–H groups in total. The molecular weight excluding hydrogens is 232 g/mol. The number of nitrogens with zero attached hydrogens (tertiary/aromatic N) is 2. The molecule has 1 heterocycles. The van der Waals surface area contributed by atoms with E-state index in [9.17, 15) is 9.90 Å². The van der Waals surface area contributed by atoms with Crippen LogP contribution in [0.4, 0.5) is 10.6 Å². The second-order valence-corrected chi connectivity index (χ2v) is 4.90. The van der Waals surface area contributed by atoms with Gasteiger partial charge in [-0.15, -0.1) is 0 Å². The van der Waals surface area contributed by atoms with E-state index >= 15 is 0 Å².